The highest BCUT2D eigenvalue weighted by atomic mass is 16.5. The summed E-state index contributed by atoms with van der Waals surface area (Å²) in [5.74, 6) is 0.696. The van der Waals surface area contributed by atoms with Crippen molar-refractivity contribution in [2.75, 3.05) is 20.2 Å². The van der Waals surface area contributed by atoms with Crippen molar-refractivity contribution in [3.8, 4) is 11.8 Å². The molecule has 0 bridgehead atoms. The highest BCUT2D eigenvalue weighted by Gasteiger charge is 2.17. The summed E-state index contributed by atoms with van der Waals surface area (Å²) in [6.07, 6.45) is 6.72. The van der Waals surface area contributed by atoms with Crippen LogP contribution in [-0.4, -0.2) is 31.1 Å². The van der Waals surface area contributed by atoms with E-state index >= 15 is 0 Å². The number of nitriles is 1. The normalized spacial score (nSPS) is 16.3. The molecule has 0 amide bonds. The summed E-state index contributed by atoms with van der Waals surface area (Å²) in [5, 5.41) is 8.99. The number of para-hydroxylation sites is 1. The van der Waals surface area contributed by atoms with E-state index in [1.165, 1.54) is 32.1 Å². The van der Waals surface area contributed by atoms with Crippen molar-refractivity contribution < 1.29 is 4.74 Å². The van der Waals surface area contributed by atoms with Crippen molar-refractivity contribution >= 4 is 0 Å². The van der Waals surface area contributed by atoms with Crippen LogP contribution in [0.15, 0.2) is 24.3 Å². The Bertz CT molecular complexity index is 433. The van der Waals surface area contributed by atoms with Gasteiger partial charge in [0.2, 0.25) is 0 Å². The first-order valence-electron chi connectivity index (χ1n) is 7.13. The average molecular weight is 258 g/mol. The zero-order valence-corrected chi connectivity index (χ0v) is 11.6. The van der Waals surface area contributed by atoms with Crippen LogP contribution in [0.3, 0.4) is 0 Å². The Morgan fingerprint density at radius 2 is 2.00 bits per heavy atom. The molecule has 0 N–H and O–H groups in total. The van der Waals surface area contributed by atoms with Gasteiger partial charge in [0, 0.05) is 12.6 Å². The van der Waals surface area contributed by atoms with Crippen molar-refractivity contribution in [2.24, 2.45) is 0 Å². The summed E-state index contributed by atoms with van der Waals surface area (Å²) in [6, 6.07) is 10.3. The lowest BCUT2D eigenvalue weighted by atomic mass is 9.94. The molecule has 19 heavy (non-hydrogen) atoms. The fourth-order valence-electron chi connectivity index (χ4n) is 2.69. The maximum atomic E-state index is 8.99. The SMILES string of the molecule is CN(CCOc1ccccc1C#N)C1CCCCC1. The molecule has 1 aromatic rings. The summed E-state index contributed by atoms with van der Waals surface area (Å²) < 4.78 is 5.73. The lowest BCUT2D eigenvalue weighted by Crippen LogP contribution is -2.36. The lowest BCUT2D eigenvalue weighted by Gasteiger charge is -2.31. The van der Waals surface area contributed by atoms with Gasteiger partial charge in [0.05, 0.1) is 5.56 Å². The molecule has 0 spiro atoms. The van der Waals surface area contributed by atoms with Gasteiger partial charge < -0.3 is 9.64 Å². The first-order valence-corrected chi connectivity index (χ1v) is 7.13. The third-order valence-corrected chi connectivity index (χ3v) is 3.91. The zero-order valence-electron chi connectivity index (χ0n) is 11.6. The fourth-order valence-corrected chi connectivity index (χ4v) is 2.69. The summed E-state index contributed by atoms with van der Waals surface area (Å²) in [7, 11) is 2.18. The van der Waals surface area contributed by atoms with Crippen LogP contribution in [0.2, 0.25) is 0 Å². The Balaban J connectivity index is 1.78. The van der Waals surface area contributed by atoms with Gasteiger partial charge in [-0.15, -0.1) is 0 Å². The third kappa shape index (κ3) is 3.97. The van der Waals surface area contributed by atoms with Crippen LogP contribution in [0, 0.1) is 11.3 Å². The van der Waals surface area contributed by atoms with Crippen LogP contribution in [0.1, 0.15) is 37.7 Å². The molecule has 0 heterocycles. The van der Waals surface area contributed by atoms with E-state index in [0.29, 0.717) is 24.0 Å². The second kappa shape index (κ2) is 7.16. The Morgan fingerprint density at radius 3 is 2.74 bits per heavy atom. The van der Waals surface area contributed by atoms with E-state index in [-0.39, 0.29) is 0 Å². The highest BCUT2D eigenvalue weighted by Crippen LogP contribution is 2.21. The monoisotopic (exact) mass is 258 g/mol. The molecule has 102 valence electrons. The minimum Gasteiger partial charge on any atom is -0.491 e. The van der Waals surface area contributed by atoms with Gasteiger partial charge in [-0.3, -0.25) is 0 Å². The fraction of sp³-hybridized carbons (Fsp3) is 0.562. The summed E-state index contributed by atoms with van der Waals surface area (Å²) >= 11 is 0. The van der Waals surface area contributed by atoms with Crippen molar-refractivity contribution in [1.82, 2.24) is 4.90 Å². The van der Waals surface area contributed by atoms with E-state index in [1.807, 2.05) is 18.2 Å². The van der Waals surface area contributed by atoms with Crippen LogP contribution in [0.25, 0.3) is 0 Å². The summed E-state index contributed by atoms with van der Waals surface area (Å²) in [5.41, 5.74) is 0.614. The molecule has 0 aliphatic heterocycles. The lowest BCUT2D eigenvalue weighted by molar-refractivity contribution is 0.160. The molecular formula is C16H22N2O. The summed E-state index contributed by atoms with van der Waals surface area (Å²) in [6.45, 7) is 1.57. The second-order valence-corrected chi connectivity index (χ2v) is 5.23. The molecule has 1 aliphatic rings. The molecule has 0 saturated heterocycles. The number of hydrogen-bond donors (Lipinski definition) is 0. The van der Waals surface area contributed by atoms with Crippen LogP contribution in [-0.2, 0) is 0 Å². The predicted molar refractivity (Wildman–Crippen MR) is 76.2 cm³/mol. The van der Waals surface area contributed by atoms with E-state index in [4.69, 9.17) is 10.00 Å². The van der Waals surface area contributed by atoms with E-state index in [0.717, 1.165) is 6.54 Å². The maximum absolute atomic E-state index is 8.99. The van der Waals surface area contributed by atoms with Crippen LogP contribution in [0.4, 0.5) is 0 Å². The van der Waals surface area contributed by atoms with Gasteiger partial charge in [-0.2, -0.15) is 5.26 Å². The Morgan fingerprint density at radius 1 is 1.26 bits per heavy atom. The first kappa shape index (κ1) is 13.9. The van der Waals surface area contributed by atoms with E-state index in [9.17, 15) is 0 Å². The average Bonchev–Trinajstić information content (AvgIpc) is 2.48. The topological polar surface area (TPSA) is 36.3 Å². The predicted octanol–water partition coefficient (Wildman–Crippen LogP) is 3.20. The van der Waals surface area contributed by atoms with E-state index < -0.39 is 0 Å². The highest BCUT2D eigenvalue weighted by molar-refractivity contribution is 5.42. The third-order valence-electron chi connectivity index (χ3n) is 3.91. The molecule has 0 aromatic heterocycles. The van der Waals surface area contributed by atoms with Gasteiger partial charge in [-0.05, 0) is 32.0 Å². The van der Waals surface area contributed by atoms with Crippen molar-refractivity contribution in [1.29, 1.82) is 5.26 Å². The smallest absolute Gasteiger partial charge is 0.137 e. The molecule has 1 aromatic carbocycles. The Labute approximate surface area is 115 Å². The molecule has 3 heteroatoms. The largest absolute Gasteiger partial charge is 0.491 e. The standard InChI is InChI=1S/C16H22N2O/c1-18(15-8-3-2-4-9-15)11-12-19-16-10-6-5-7-14(16)13-17/h5-7,10,15H,2-4,8-9,11-12H2,1H3. The molecule has 0 radical (unpaired) electrons. The van der Waals surface area contributed by atoms with Crippen LogP contribution < -0.4 is 4.74 Å². The van der Waals surface area contributed by atoms with Gasteiger partial charge >= 0.3 is 0 Å². The van der Waals surface area contributed by atoms with Gasteiger partial charge in [-0.1, -0.05) is 31.4 Å². The Kier molecular flexibility index (Phi) is 5.23. The number of nitrogens with zero attached hydrogens (tertiary/aromatic N) is 2. The maximum Gasteiger partial charge on any atom is 0.137 e. The van der Waals surface area contributed by atoms with Crippen LogP contribution in [0.5, 0.6) is 5.75 Å². The number of likely N-dealkylation sites (N-methyl/N-ethyl adjacent to an activating group) is 1. The quantitative estimate of drug-likeness (QED) is 0.813. The van der Waals surface area contributed by atoms with Crippen molar-refractivity contribution in [3.05, 3.63) is 29.8 Å². The second-order valence-electron chi connectivity index (χ2n) is 5.23. The number of rotatable bonds is 5. The molecule has 1 saturated carbocycles. The van der Waals surface area contributed by atoms with Gasteiger partial charge in [0.1, 0.15) is 18.4 Å². The number of ether oxygens (including phenoxy) is 1. The van der Waals surface area contributed by atoms with Crippen molar-refractivity contribution in [2.45, 2.75) is 38.1 Å². The van der Waals surface area contributed by atoms with Gasteiger partial charge in [0.15, 0.2) is 0 Å². The van der Waals surface area contributed by atoms with E-state index in [1.54, 1.807) is 6.07 Å². The number of hydrogen-bond acceptors (Lipinski definition) is 3. The molecule has 1 aliphatic carbocycles. The van der Waals surface area contributed by atoms with Gasteiger partial charge in [-0.25, -0.2) is 0 Å². The van der Waals surface area contributed by atoms with E-state index in [2.05, 4.69) is 18.0 Å². The van der Waals surface area contributed by atoms with Crippen LogP contribution >= 0.6 is 0 Å². The molecule has 0 unspecified atom stereocenters. The zero-order chi connectivity index (χ0) is 13.5. The molecule has 0 atom stereocenters. The molecule has 3 nitrogen and oxygen atoms in total. The summed E-state index contributed by atoms with van der Waals surface area (Å²) in [4.78, 5) is 2.40. The molecule has 1 fully saturated rings. The Hall–Kier alpha value is -1.53. The minimum atomic E-state index is 0.614. The van der Waals surface area contributed by atoms with Gasteiger partial charge in [0.25, 0.3) is 0 Å². The first-order chi connectivity index (χ1) is 9.31. The minimum absolute atomic E-state index is 0.614. The molecular weight excluding hydrogens is 236 g/mol. The van der Waals surface area contributed by atoms with Crippen molar-refractivity contribution in [3.63, 3.8) is 0 Å². The number of benzene rings is 1. The molecule has 2 rings (SSSR count).